The maximum Gasteiger partial charge on any atom is 0.191 e. The van der Waals surface area contributed by atoms with E-state index in [2.05, 4.69) is 77.4 Å². The number of guanidine groups is 1. The molecule has 1 aliphatic rings. The molecule has 1 aliphatic heterocycles. The molecule has 0 aromatic heterocycles. The normalized spacial score (nSPS) is 17.7. The summed E-state index contributed by atoms with van der Waals surface area (Å²) in [5.41, 5.74) is 2.71. The molecule has 1 heterocycles. The van der Waals surface area contributed by atoms with Crippen molar-refractivity contribution in [2.45, 2.75) is 51.1 Å². The van der Waals surface area contributed by atoms with Crippen LogP contribution in [-0.2, 0) is 13.1 Å². The fraction of sp³-hybridized carbons (Fsp3) is 0.632. The topological polar surface area (TPSA) is 39.7 Å². The molecule has 0 bridgehead atoms. The molecule has 0 radical (unpaired) electrons. The first-order chi connectivity index (χ1) is 11.6. The van der Waals surface area contributed by atoms with E-state index >= 15 is 0 Å². The highest BCUT2D eigenvalue weighted by molar-refractivity contribution is 14.0. The van der Waals surface area contributed by atoms with Crippen LogP contribution in [0.25, 0.3) is 0 Å². The second-order valence-corrected chi connectivity index (χ2v) is 8.13. The van der Waals surface area contributed by atoms with Gasteiger partial charge in [-0.25, -0.2) is 0 Å². The van der Waals surface area contributed by atoms with Crippen molar-refractivity contribution in [3.8, 4) is 0 Å². The molecule has 1 saturated heterocycles. The molecule has 0 amide bonds. The van der Waals surface area contributed by atoms with Crippen LogP contribution in [-0.4, -0.2) is 48.5 Å². The van der Waals surface area contributed by atoms with Gasteiger partial charge < -0.3 is 10.6 Å². The molecule has 2 N–H and O–H groups in total. The van der Waals surface area contributed by atoms with E-state index in [1.807, 2.05) is 7.05 Å². The molecule has 0 spiro atoms. The summed E-state index contributed by atoms with van der Waals surface area (Å²) in [6.07, 6.45) is 2.67. The van der Waals surface area contributed by atoms with E-state index in [4.69, 9.17) is 0 Å². The van der Waals surface area contributed by atoms with Gasteiger partial charge in [0.1, 0.15) is 0 Å². The van der Waals surface area contributed by atoms with Gasteiger partial charge in [0.25, 0.3) is 0 Å². The third kappa shape index (κ3) is 7.74. The zero-order valence-electron chi connectivity index (χ0n) is 15.9. The molecule has 142 valence electrons. The van der Waals surface area contributed by atoms with Crippen molar-refractivity contribution in [3.05, 3.63) is 35.4 Å². The van der Waals surface area contributed by atoms with E-state index in [9.17, 15) is 0 Å². The molecule has 4 nitrogen and oxygen atoms in total. The molecule has 2 rings (SSSR count). The van der Waals surface area contributed by atoms with Crippen molar-refractivity contribution in [1.29, 1.82) is 0 Å². The van der Waals surface area contributed by atoms with Crippen LogP contribution in [0.3, 0.4) is 0 Å². The van der Waals surface area contributed by atoms with Crippen LogP contribution in [0.5, 0.6) is 0 Å². The Labute approximate surface area is 174 Å². The highest BCUT2D eigenvalue weighted by Gasteiger charge is 2.15. The first-order valence-electron chi connectivity index (χ1n) is 8.93. The molecule has 1 atom stereocenters. The van der Waals surface area contributed by atoms with Crippen molar-refractivity contribution >= 4 is 41.7 Å². The van der Waals surface area contributed by atoms with Gasteiger partial charge in [0.05, 0.1) is 0 Å². The summed E-state index contributed by atoms with van der Waals surface area (Å²) in [5, 5.41) is 7.66. The van der Waals surface area contributed by atoms with Crippen molar-refractivity contribution in [2.75, 3.05) is 26.4 Å². The minimum atomic E-state index is 0. The Morgan fingerprint density at radius 2 is 2.00 bits per heavy atom. The third-order valence-electron chi connectivity index (χ3n) is 4.61. The van der Waals surface area contributed by atoms with E-state index in [1.165, 1.54) is 29.7 Å². The zero-order valence-corrected chi connectivity index (χ0v) is 19.1. The number of rotatable bonds is 7. The summed E-state index contributed by atoms with van der Waals surface area (Å²) in [7, 11) is 4.02. The lowest BCUT2D eigenvalue weighted by atomic mass is 10.1. The van der Waals surface area contributed by atoms with E-state index in [0.29, 0.717) is 6.04 Å². The monoisotopic (exact) mass is 476 g/mol. The third-order valence-corrected chi connectivity index (χ3v) is 6.01. The lowest BCUT2D eigenvalue weighted by Gasteiger charge is -2.23. The molecule has 0 aliphatic carbocycles. The standard InChI is InChI=1S/C19H32N4S.HI/c1-15(2)23(4)14-17-9-6-5-8-16(17)12-21-19(20-3)22-13-18-10-7-11-24-18;/h5-6,8-9,15,18H,7,10-14H2,1-4H3,(H2,20,21,22);1H. The smallest absolute Gasteiger partial charge is 0.191 e. The fourth-order valence-corrected chi connectivity index (χ4v) is 3.95. The largest absolute Gasteiger partial charge is 0.355 e. The average molecular weight is 476 g/mol. The van der Waals surface area contributed by atoms with Crippen LogP contribution in [0, 0.1) is 0 Å². The number of nitrogens with one attached hydrogen (secondary N) is 2. The number of nitrogens with zero attached hydrogens (tertiary/aromatic N) is 2. The van der Waals surface area contributed by atoms with E-state index < -0.39 is 0 Å². The van der Waals surface area contributed by atoms with Gasteiger partial charge in [-0.05, 0) is 50.6 Å². The van der Waals surface area contributed by atoms with Gasteiger partial charge in [0, 0.05) is 38.0 Å². The highest BCUT2D eigenvalue weighted by Crippen LogP contribution is 2.25. The molecule has 1 fully saturated rings. The SMILES string of the molecule is CN=C(NCc1ccccc1CN(C)C(C)C)NCC1CCCS1.I. The van der Waals surface area contributed by atoms with Gasteiger partial charge >= 0.3 is 0 Å². The minimum absolute atomic E-state index is 0. The lowest BCUT2D eigenvalue weighted by molar-refractivity contribution is 0.265. The number of hydrogen-bond donors (Lipinski definition) is 2. The Bertz CT molecular complexity index is 530. The Kier molecular flexibility index (Phi) is 10.8. The number of thioether (sulfide) groups is 1. The minimum Gasteiger partial charge on any atom is -0.355 e. The Balaban J connectivity index is 0.00000312. The Hall–Kier alpha value is -0.470. The van der Waals surface area contributed by atoms with Crippen LogP contribution in [0.1, 0.15) is 37.8 Å². The summed E-state index contributed by atoms with van der Waals surface area (Å²) in [5.74, 6) is 2.20. The maximum atomic E-state index is 4.36. The van der Waals surface area contributed by atoms with Crippen molar-refractivity contribution in [3.63, 3.8) is 0 Å². The molecular weight excluding hydrogens is 443 g/mol. The Morgan fingerprint density at radius 1 is 1.28 bits per heavy atom. The second-order valence-electron chi connectivity index (χ2n) is 6.72. The van der Waals surface area contributed by atoms with Crippen LogP contribution in [0.4, 0.5) is 0 Å². The quantitative estimate of drug-likeness (QED) is 0.358. The number of hydrogen-bond acceptors (Lipinski definition) is 3. The van der Waals surface area contributed by atoms with Gasteiger partial charge in [-0.2, -0.15) is 11.8 Å². The van der Waals surface area contributed by atoms with Crippen LogP contribution >= 0.6 is 35.7 Å². The van der Waals surface area contributed by atoms with E-state index in [1.54, 1.807) is 0 Å². The zero-order chi connectivity index (χ0) is 17.4. The van der Waals surface area contributed by atoms with Crippen LogP contribution < -0.4 is 10.6 Å². The van der Waals surface area contributed by atoms with Gasteiger partial charge in [-0.3, -0.25) is 9.89 Å². The van der Waals surface area contributed by atoms with Gasteiger partial charge in [0.2, 0.25) is 0 Å². The number of halogens is 1. The maximum absolute atomic E-state index is 4.36. The van der Waals surface area contributed by atoms with Gasteiger partial charge in [0.15, 0.2) is 5.96 Å². The van der Waals surface area contributed by atoms with E-state index in [0.717, 1.165) is 30.8 Å². The van der Waals surface area contributed by atoms with Gasteiger partial charge in [-0.15, -0.1) is 24.0 Å². The first-order valence-corrected chi connectivity index (χ1v) is 9.98. The Morgan fingerprint density at radius 3 is 2.60 bits per heavy atom. The second kappa shape index (κ2) is 12.0. The van der Waals surface area contributed by atoms with Crippen molar-refractivity contribution in [1.82, 2.24) is 15.5 Å². The van der Waals surface area contributed by atoms with Crippen LogP contribution in [0.15, 0.2) is 29.3 Å². The summed E-state index contributed by atoms with van der Waals surface area (Å²) in [6.45, 7) is 7.24. The van der Waals surface area contributed by atoms with E-state index in [-0.39, 0.29) is 24.0 Å². The predicted molar refractivity (Wildman–Crippen MR) is 122 cm³/mol. The van der Waals surface area contributed by atoms with Gasteiger partial charge in [-0.1, -0.05) is 24.3 Å². The summed E-state index contributed by atoms with van der Waals surface area (Å²) in [6, 6.07) is 9.21. The molecule has 25 heavy (non-hydrogen) atoms. The molecular formula is C19H33IN4S. The molecule has 1 aromatic carbocycles. The predicted octanol–water partition coefficient (Wildman–Crippen LogP) is 3.71. The molecule has 1 aromatic rings. The summed E-state index contributed by atoms with van der Waals surface area (Å²) < 4.78 is 0. The molecule has 1 unspecified atom stereocenters. The average Bonchev–Trinajstić information content (AvgIpc) is 3.09. The first kappa shape index (κ1) is 22.6. The fourth-order valence-electron chi connectivity index (χ4n) is 2.75. The molecule has 6 heteroatoms. The van der Waals surface area contributed by atoms with Crippen molar-refractivity contribution < 1.29 is 0 Å². The summed E-state index contributed by atoms with van der Waals surface area (Å²) >= 11 is 2.07. The van der Waals surface area contributed by atoms with Crippen LogP contribution in [0.2, 0.25) is 0 Å². The number of benzene rings is 1. The summed E-state index contributed by atoms with van der Waals surface area (Å²) in [4.78, 5) is 6.72. The number of aliphatic imine (C=N–C) groups is 1. The highest BCUT2D eigenvalue weighted by atomic mass is 127. The van der Waals surface area contributed by atoms with Crippen molar-refractivity contribution in [2.24, 2.45) is 4.99 Å². The lowest BCUT2D eigenvalue weighted by Crippen LogP contribution is -2.40. The molecule has 0 saturated carbocycles.